The average molecular weight is 474 g/mol. The number of rotatable bonds is 7. The highest BCUT2D eigenvalue weighted by molar-refractivity contribution is 7.91. The Labute approximate surface area is 191 Å². The molecule has 1 aliphatic heterocycles. The molecule has 1 aromatic heterocycles. The molecule has 1 saturated heterocycles. The van der Waals surface area contributed by atoms with E-state index < -0.39 is 9.84 Å². The van der Waals surface area contributed by atoms with Crippen molar-refractivity contribution in [1.82, 2.24) is 14.8 Å². The predicted octanol–water partition coefficient (Wildman–Crippen LogP) is 3.46. The monoisotopic (exact) mass is 473 g/mol. The lowest BCUT2D eigenvalue weighted by Crippen LogP contribution is -2.48. The Balaban J connectivity index is 1.25. The molecular weight excluding hydrogens is 449 g/mol. The molecule has 1 amide bonds. The van der Waals surface area contributed by atoms with Gasteiger partial charge < -0.3 is 4.90 Å². The van der Waals surface area contributed by atoms with Gasteiger partial charge in [0, 0.05) is 43.5 Å². The SMILES string of the molecule is O=C(CCS(=O)(=O)c1ccccc1)N1CCN(Cc2nc(-c3ccc(F)cc3)cs2)CC1. The van der Waals surface area contributed by atoms with Crippen LogP contribution in [0.1, 0.15) is 11.4 Å². The molecule has 0 spiro atoms. The molecule has 6 nitrogen and oxygen atoms in total. The maximum Gasteiger partial charge on any atom is 0.223 e. The van der Waals surface area contributed by atoms with E-state index >= 15 is 0 Å². The number of carbonyl (C=O) groups excluding carboxylic acids is 1. The first-order valence-corrected chi connectivity index (χ1v) is 12.9. The van der Waals surface area contributed by atoms with Gasteiger partial charge in [-0.3, -0.25) is 9.69 Å². The first-order valence-electron chi connectivity index (χ1n) is 10.4. The van der Waals surface area contributed by atoms with Crippen LogP contribution in [0.25, 0.3) is 11.3 Å². The minimum absolute atomic E-state index is 0.00919. The van der Waals surface area contributed by atoms with Crippen LogP contribution >= 0.6 is 11.3 Å². The lowest BCUT2D eigenvalue weighted by atomic mass is 10.2. The van der Waals surface area contributed by atoms with E-state index in [-0.39, 0.29) is 28.8 Å². The molecule has 0 bridgehead atoms. The van der Waals surface area contributed by atoms with Crippen molar-refractivity contribution in [3.05, 3.63) is 70.8 Å². The van der Waals surface area contributed by atoms with Crippen LogP contribution in [-0.2, 0) is 21.2 Å². The molecule has 0 radical (unpaired) electrons. The standard InChI is InChI=1S/C23H24FN3O3S2/c24-19-8-6-18(7-9-19)21-17-31-22(25-21)16-26-11-13-27(14-12-26)23(28)10-15-32(29,30)20-4-2-1-3-5-20/h1-9,17H,10-16H2. The first kappa shape index (κ1) is 22.6. The molecular formula is C23H24FN3O3S2. The number of nitrogens with zero attached hydrogens (tertiary/aromatic N) is 3. The molecule has 0 saturated carbocycles. The average Bonchev–Trinajstić information content (AvgIpc) is 3.27. The topological polar surface area (TPSA) is 70.6 Å². The quantitative estimate of drug-likeness (QED) is 0.526. The predicted molar refractivity (Wildman–Crippen MR) is 122 cm³/mol. The van der Waals surface area contributed by atoms with E-state index in [0.717, 1.165) is 16.3 Å². The van der Waals surface area contributed by atoms with Crippen molar-refractivity contribution in [2.75, 3.05) is 31.9 Å². The zero-order chi connectivity index (χ0) is 22.6. The van der Waals surface area contributed by atoms with Gasteiger partial charge in [0.2, 0.25) is 5.91 Å². The largest absolute Gasteiger partial charge is 0.340 e. The molecule has 0 unspecified atom stereocenters. The maximum absolute atomic E-state index is 13.1. The van der Waals surface area contributed by atoms with Gasteiger partial charge in [0.05, 0.1) is 22.9 Å². The third-order valence-corrected chi connectivity index (χ3v) is 8.03. The Morgan fingerprint density at radius 3 is 2.38 bits per heavy atom. The number of thiazole rings is 1. The van der Waals surface area contributed by atoms with Gasteiger partial charge in [0.15, 0.2) is 9.84 Å². The van der Waals surface area contributed by atoms with Crippen molar-refractivity contribution in [1.29, 1.82) is 0 Å². The Morgan fingerprint density at radius 1 is 1.00 bits per heavy atom. The van der Waals surface area contributed by atoms with Gasteiger partial charge in [-0.05, 0) is 36.4 Å². The van der Waals surface area contributed by atoms with E-state index in [2.05, 4.69) is 9.88 Å². The molecule has 2 aromatic carbocycles. The third-order valence-electron chi connectivity index (χ3n) is 5.46. The zero-order valence-electron chi connectivity index (χ0n) is 17.5. The van der Waals surface area contributed by atoms with E-state index in [1.807, 2.05) is 5.38 Å². The second-order valence-corrected chi connectivity index (χ2v) is 10.7. The molecule has 32 heavy (non-hydrogen) atoms. The fourth-order valence-corrected chi connectivity index (χ4v) is 5.70. The van der Waals surface area contributed by atoms with Gasteiger partial charge in [-0.15, -0.1) is 11.3 Å². The molecule has 2 heterocycles. The summed E-state index contributed by atoms with van der Waals surface area (Å²) >= 11 is 1.56. The molecule has 0 aliphatic carbocycles. The van der Waals surface area contributed by atoms with Crippen LogP contribution in [0.2, 0.25) is 0 Å². The van der Waals surface area contributed by atoms with Gasteiger partial charge in [-0.2, -0.15) is 0 Å². The van der Waals surface area contributed by atoms with Crippen LogP contribution in [-0.4, -0.2) is 61.0 Å². The van der Waals surface area contributed by atoms with Crippen LogP contribution < -0.4 is 0 Å². The molecule has 1 aliphatic rings. The van der Waals surface area contributed by atoms with Crippen molar-refractivity contribution in [3.63, 3.8) is 0 Å². The van der Waals surface area contributed by atoms with Crippen LogP contribution in [0, 0.1) is 5.82 Å². The number of hydrogen-bond donors (Lipinski definition) is 0. The number of benzene rings is 2. The Morgan fingerprint density at radius 2 is 1.69 bits per heavy atom. The first-order chi connectivity index (χ1) is 15.4. The van der Waals surface area contributed by atoms with Crippen molar-refractivity contribution in [2.24, 2.45) is 0 Å². The summed E-state index contributed by atoms with van der Waals surface area (Å²) in [4.78, 5) is 21.4. The Bertz CT molecular complexity index is 1160. The smallest absolute Gasteiger partial charge is 0.223 e. The van der Waals surface area contributed by atoms with E-state index in [4.69, 9.17) is 0 Å². The lowest BCUT2D eigenvalue weighted by Gasteiger charge is -2.34. The van der Waals surface area contributed by atoms with Crippen molar-refractivity contribution < 1.29 is 17.6 Å². The number of hydrogen-bond acceptors (Lipinski definition) is 6. The number of amides is 1. The lowest BCUT2D eigenvalue weighted by molar-refractivity contribution is -0.132. The summed E-state index contributed by atoms with van der Waals surface area (Å²) in [5.41, 5.74) is 1.72. The van der Waals surface area contributed by atoms with Crippen LogP contribution in [0.4, 0.5) is 4.39 Å². The van der Waals surface area contributed by atoms with E-state index in [1.54, 1.807) is 58.7 Å². The van der Waals surface area contributed by atoms with Gasteiger partial charge >= 0.3 is 0 Å². The summed E-state index contributed by atoms with van der Waals surface area (Å²) < 4.78 is 37.9. The highest BCUT2D eigenvalue weighted by atomic mass is 32.2. The molecule has 1 fully saturated rings. The number of piperazine rings is 1. The fourth-order valence-electron chi connectivity index (χ4n) is 3.61. The summed E-state index contributed by atoms with van der Waals surface area (Å²) in [6.07, 6.45) is -0.00919. The zero-order valence-corrected chi connectivity index (χ0v) is 19.1. The summed E-state index contributed by atoms with van der Waals surface area (Å²) in [6.45, 7) is 3.25. The normalized spacial score (nSPS) is 15.1. The van der Waals surface area contributed by atoms with Crippen LogP contribution in [0.3, 0.4) is 0 Å². The molecule has 4 rings (SSSR count). The van der Waals surface area contributed by atoms with Gasteiger partial charge in [-0.1, -0.05) is 18.2 Å². The van der Waals surface area contributed by atoms with Crippen molar-refractivity contribution in [2.45, 2.75) is 17.9 Å². The molecule has 0 N–H and O–H groups in total. The van der Waals surface area contributed by atoms with Gasteiger partial charge in [0.1, 0.15) is 10.8 Å². The Hall–Kier alpha value is -2.62. The highest BCUT2D eigenvalue weighted by Crippen LogP contribution is 2.23. The summed E-state index contributed by atoms with van der Waals surface area (Å²) in [5, 5.41) is 2.94. The molecule has 0 atom stereocenters. The van der Waals surface area contributed by atoms with Crippen LogP contribution in [0.15, 0.2) is 64.9 Å². The summed E-state index contributed by atoms with van der Waals surface area (Å²) in [7, 11) is -3.45. The van der Waals surface area contributed by atoms with Crippen molar-refractivity contribution in [3.8, 4) is 11.3 Å². The molecule has 168 valence electrons. The Kier molecular flexibility index (Phi) is 6.98. The highest BCUT2D eigenvalue weighted by Gasteiger charge is 2.24. The summed E-state index contributed by atoms with van der Waals surface area (Å²) in [6, 6.07) is 14.5. The van der Waals surface area contributed by atoms with E-state index in [0.29, 0.717) is 32.7 Å². The van der Waals surface area contributed by atoms with E-state index in [9.17, 15) is 17.6 Å². The number of sulfone groups is 1. The molecule has 9 heteroatoms. The van der Waals surface area contributed by atoms with Gasteiger partial charge in [0.25, 0.3) is 0 Å². The third kappa shape index (κ3) is 5.59. The summed E-state index contributed by atoms with van der Waals surface area (Å²) in [5.74, 6) is -0.576. The van der Waals surface area contributed by atoms with Gasteiger partial charge in [-0.25, -0.2) is 17.8 Å². The minimum Gasteiger partial charge on any atom is -0.340 e. The van der Waals surface area contributed by atoms with Crippen LogP contribution in [0.5, 0.6) is 0 Å². The minimum atomic E-state index is -3.45. The van der Waals surface area contributed by atoms with Crippen molar-refractivity contribution >= 4 is 27.1 Å². The number of carbonyl (C=O) groups is 1. The van der Waals surface area contributed by atoms with E-state index in [1.165, 1.54) is 12.1 Å². The fraction of sp³-hybridized carbons (Fsp3) is 0.304. The number of aromatic nitrogens is 1. The maximum atomic E-state index is 13.1. The second kappa shape index (κ2) is 9.89. The number of halogens is 1. The second-order valence-electron chi connectivity index (χ2n) is 7.67. The molecule has 3 aromatic rings.